The van der Waals surface area contributed by atoms with E-state index < -0.39 is 0 Å². The zero-order chi connectivity index (χ0) is 17.8. The highest BCUT2D eigenvalue weighted by molar-refractivity contribution is 7.10. The second kappa shape index (κ2) is 7.91. The minimum atomic E-state index is -0.356. The topological polar surface area (TPSA) is 45.3 Å². The Bertz CT molecular complexity index is 919. The molecule has 4 nitrogen and oxygen atoms in total. The van der Waals surface area contributed by atoms with Crippen molar-refractivity contribution >= 4 is 22.2 Å². The molecule has 6 heteroatoms. The van der Waals surface area contributed by atoms with Crippen LogP contribution < -0.4 is 5.56 Å². The molecule has 1 N–H and O–H groups in total. The predicted molar refractivity (Wildman–Crippen MR) is 99.6 cm³/mol. The number of rotatable bonds is 7. The van der Waals surface area contributed by atoms with Crippen molar-refractivity contribution in [3.05, 3.63) is 67.9 Å². The van der Waals surface area contributed by atoms with Gasteiger partial charge in [-0.1, -0.05) is 0 Å². The average Bonchev–Trinajstić information content (AvgIpc) is 2.98. The maximum atomic E-state index is 13.3. The molecule has 0 saturated carbocycles. The van der Waals surface area contributed by atoms with Gasteiger partial charge >= 0.3 is 0 Å². The van der Waals surface area contributed by atoms with Crippen molar-refractivity contribution in [1.82, 2.24) is 9.88 Å². The molecule has 3 rings (SSSR count). The van der Waals surface area contributed by atoms with Crippen molar-refractivity contribution in [2.45, 2.75) is 20.0 Å². The molecule has 0 aliphatic rings. The number of nitrogens with zero attached hydrogens (tertiary/aromatic N) is 1. The molecule has 0 saturated heterocycles. The number of aromatic nitrogens is 1. The molecule has 25 heavy (non-hydrogen) atoms. The van der Waals surface area contributed by atoms with Crippen LogP contribution in [0, 0.1) is 12.7 Å². The van der Waals surface area contributed by atoms with Crippen molar-refractivity contribution in [2.75, 3.05) is 20.3 Å². The summed E-state index contributed by atoms with van der Waals surface area (Å²) in [5.74, 6) is -0.356. The van der Waals surface area contributed by atoms with Gasteiger partial charge in [-0.3, -0.25) is 9.69 Å². The van der Waals surface area contributed by atoms with Crippen LogP contribution in [-0.4, -0.2) is 30.1 Å². The first kappa shape index (κ1) is 17.8. The molecule has 2 heterocycles. The number of hydrogen-bond acceptors (Lipinski definition) is 4. The van der Waals surface area contributed by atoms with Crippen molar-refractivity contribution in [3.8, 4) is 0 Å². The van der Waals surface area contributed by atoms with Gasteiger partial charge in [-0.15, -0.1) is 11.3 Å². The van der Waals surface area contributed by atoms with Gasteiger partial charge in [0.15, 0.2) is 0 Å². The number of hydrogen-bond donors (Lipinski definition) is 1. The number of aryl methyl sites for hydroxylation is 1. The standard InChI is InChI=1S/C19H21FN2O2S/c1-13-5-8-25-18(13)12-22(6-7-24-2)11-15-9-14-3-4-16(20)10-17(14)21-19(15)23/h3-5,8-10H,6-7,11-12H2,1-2H3,(H,21,23). The number of benzene rings is 1. The summed E-state index contributed by atoms with van der Waals surface area (Å²) in [5.41, 5.74) is 2.27. The Kier molecular flexibility index (Phi) is 5.63. The van der Waals surface area contributed by atoms with E-state index in [0.717, 1.165) is 18.5 Å². The van der Waals surface area contributed by atoms with Crippen molar-refractivity contribution < 1.29 is 9.13 Å². The third-order valence-corrected chi connectivity index (χ3v) is 5.23. The number of halogens is 1. The quantitative estimate of drug-likeness (QED) is 0.699. The summed E-state index contributed by atoms with van der Waals surface area (Å²) in [4.78, 5) is 18.7. The molecule has 0 amide bonds. The third-order valence-electron chi connectivity index (χ3n) is 4.23. The van der Waals surface area contributed by atoms with Gasteiger partial charge in [0.05, 0.1) is 12.1 Å². The highest BCUT2D eigenvalue weighted by atomic mass is 32.1. The first-order valence-electron chi connectivity index (χ1n) is 8.12. The fraction of sp³-hybridized carbons (Fsp3) is 0.316. The van der Waals surface area contributed by atoms with Crippen molar-refractivity contribution in [3.63, 3.8) is 0 Å². The van der Waals surface area contributed by atoms with Crippen LogP contribution in [-0.2, 0) is 17.8 Å². The van der Waals surface area contributed by atoms with E-state index in [-0.39, 0.29) is 11.4 Å². The summed E-state index contributed by atoms with van der Waals surface area (Å²) >= 11 is 1.72. The first-order chi connectivity index (χ1) is 12.1. The molecule has 0 bridgehead atoms. The number of thiophene rings is 1. The van der Waals surface area contributed by atoms with Crippen LogP contribution in [0.15, 0.2) is 40.5 Å². The highest BCUT2D eigenvalue weighted by Crippen LogP contribution is 2.19. The van der Waals surface area contributed by atoms with Crippen LogP contribution >= 0.6 is 11.3 Å². The Morgan fingerprint density at radius 3 is 2.80 bits per heavy atom. The minimum Gasteiger partial charge on any atom is -0.383 e. The lowest BCUT2D eigenvalue weighted by Gasteiger charge is -2.21. The Labute approximate surface area is 149 Å². The highest BCUT2D eigenvalue weighted by Gasteiger charge is 2.13. The maximum absolute atomic E-state index is 13.3. The fourth-order valence-electron chi connectivity index (χ4n) is 2.78. The third kappa shape index (κ3) is 4.34. The van der Waals surface area contributed by atoms with E-state index in [4.69, 9.17) is 4.74 Å². The summed E-state index contributed by atoms with van der Waals surface area (Å²) in [7, 11) is 1.67. The van der Waals surface area contributed by atoms with E-state index in [1.54, 1.807) is 24.5 Å². The lowest BCUT2D eigenvalue weighted by molar-refractivity contribution is 0.140. The molecular weight excluding hydrogens is 339 g/mol. The molecule has 0 fully saturated rings. The Hall–Kier alpha value is -2.02. The number of methoxy groups -OCH3 is 1. The maximum Gasteiger partial charge on any atom is 0.252 e. The van der Waals surface area contributed by atoms with Gasteiger partial charge < -0.3 is 9.72 Å². The van der Waals surface area contributed by atoms with Gasteiger partial charge in [-0.05, 0) is 53.6 Å². The van der Waals surface area contributed by atoms with Gasteiger partial charge in [-0.2, -0.15) is 0 Å². The van der Waals surface area contributed by atoms with Crippen LogP contribution in [0.25, 0.3) is 10.9 Å². The summed E-state index contributed by atoms with van der Waals surface area (Å²) in [6.45, 7) is 4.71. The Morgan fingerprint density at radius 2 is 2.08 bits per heavy atom. The largest absolute Gasteiger partial charge is 0.383 e. The molecule has 132 valence electrons. The molecule has 0 radical (unpaired) electrons. The number of aromatic amines is 1. The van der Waals surface area contributed by atoms with Gasteiger partial charge in [-0.25, -0.2) is 4.39 Å². The second-order valence-corrected chi connectivity index (χ2v) is 7.09. The molecule has 0 aliphatic heterocycles. The summed E-state index contributed by atoms with van der Waals surface area (Å²) in [6.07, 6.45) is 0. The smallest absolute Gasteiger partial charge is 0.252 e. The normalized spacial score (nSPS) is 11.5. The molecular formula is C19H21FN2O2S. The number of ether oxygens (including phenoxy) is 1. The number of nitrogens with one attached hydrogen (secondary N) is 1. The minimum absolute atomic E-state index is 0.177. The SMILES string of the molecule is COCCN(Cc1sccc1C)Cc1cc2ccc(F)cc2[nH]c1=O. The predicted octanol–water partition coefficient (Wildman–Crippen LogP) is 3.69. The monoisotopic (exact) mass is 360 g/mol. The molecule has 0 aliphatic carbocycles. The lowest BCUT2D eigenvalue weighted by atomic mass is 10.1. The molecule has 0 unspecified atom stereocenters. The van der Waals surface area contributed by atoms with Crippen LogP contribution in [0.1, 0.15) is 16.0 Å². The van der Waals surface area contributed by atoms with E-state index in [0.29, 0.717) is 24.2 Å². The van der Waals surface area contributed by atoms with Gasteiger partial charge in [0.25, 0.3) is 5.56 Å². The van der Waals surface area contributed by atoms with Crippen LogP contribution in [0.3, 0.4) is 0 Å². The summed E-state index contributed by atoms with van der Waals surface area (Å²) in [6, 6.07) is 8.38. The first-order valence-corrected chi connectivity index (χ1v) is 9.00. The molecule has 0 spiro atoms. The zero-order valence-corrected chi connectivity index (χ0v) is 15.2. The van der Waals surface area contributed by atoms with E-state index in [2.05, 4.69) is 28.3 Å². The second-order valence-electron chi connectivity index (χ2n) is 6.09. The molecule has 3 aromatic rings. The van der Waals surface area contributed by atoms with E-state index >= 15 is 0 Å². The fourth-order valence-corrected chi connectivity index (χ4v) is 3.73. The molecule has 0 atom stereocenters. The van der Waals surface area contributed by atoms with Gasteiger partial charge in [0.2, 0.25) is 0 Å². The number of H-pyrrole nitrogens is 1. The Morgan fingerprint density at radius 1 is 1.24 bits per heavy atom. The Balaban J connectivity index is 1.86. The van der Waals surface area contributed by atoms with Crippen LogP contribution in [0.2, 0.25) is 0 Å². The number of pyridine rings is 1. The van der Waals surface area contributed by atoms with Gasteiger partial charge in [0, 0.05) is 37.2 Å². The average molecular weight is 360 g/mol. The number of fused-ring (bicyclic) bond motifs is 1. The lowest BCUT2D eigenvalue weighted by Crippen LogP contribution is -2.29. The van der Waals surface area contributed by atoms with Crippen LogP contribution in [0.4, 0.5) is 4.39 Å². The summed E-state index contributed by atoms with van der Waals surface area (Å²) in [5, 5.41) is 2.91. The van der Waals surface area contributed by atoms with E-state index in [1.165, 1.54) is 22.6 Å². The van der Waals surface area contributed by atoms with Crippen molar-refractivity contribution in [1.29, 1.82) is 0 Å². The van der Waals surface area contributed by atoms with Crippen molar-refractivity contribution in [2.24, 2.45) is 0 Å². The van der Waals surface area contributed by atoms with E-state index in [1.807, 2.05) is 6.07 Å². The molecule has 2 aromatic heterocycles. The molecule has 1 aromatic carbocycles. The van der Waals surface area contributed by atoms with E-state index in [9.17, 15) is 9.18 Å². The summed E-state index contributed by atoms with van der Waals surface area (Å²) < 4.78 is 18.5. The van der Waals surface area contributed by atoms with Gasteiger partial charge in [0.1, 0.15) is 5.82 Å². The van der Waals surface area contributed by atoms with Crippen LogP contribution in [0.5, 0.6) is 0 Å². The zero-order valence-electron chi connectivity index (χ0n) is 14.3.